The average molecular weight is 607 g/mol. The maximum atomic E-state index is 15.2. The minimum Gasteiger partial charge on any atom is -0.336 e. The number of benzene rings is 2. The van der Waals surface area contributed by atoms with E-state index in [0.29, 0.717) is 43.3 Å². The number of fused-ring (bicyclic) bond motifs is 1. The van der Waals surface area contributed by atoms with Crippen LogP contribution in [0.4, 0.5) is 4.39 Å². The molecular formula is C33H36ClFN4O4. The molecular weight excluding hydrogens is 571 g/mol. The highest BCUT2D eigenvalue weighted by atomic mass is 35.5. The maximum absolute atomic E-state index is 15.2. The van der Waals surface area contributed by atoms with Crippen LogP contribution in [0.15, 0.2) is 42.0 Å². The van der Waals surface area contributed by atoms with E-state index < -0.39 is 23.7 Å². The van der Waals surface area contributed by atoms with E-state index in [9.17, 15) is 19.2 Å². The van der Waals surface area contributed by atoms with Gasteiger partial charge in [-0.3, -0.25) is 29.4 Å². The van der Waals surface area contributed by atoms with Crippen molar-refractivity contribution in [2.75, 3.05) is 26.2 Å². The fourth-order valence-corrected chi connectivity index (χ4v) is 6.95. The van der Waals surface area contributed by atoms with Crippen molar-refractivity contribution < 1.29 is 23.6 Å². The van der Waals surface area contributed by atoms with Crippen molar-refractivity contribution in [2.45, 2.75) is 65.1 Å². The van der Waals surface area contributed by atoms with Crippen LogP contribution in [-0.2, 0) is 27.5 Å². The summed E-state index contributed by atoms with van der Waals surface area (Å²) in [6.07, 6.45) is 2.92. The predicted molar refractivity (Wildman–Crippen MR) is 160 cm³/mol. The SMILES string of the molecule is CC1(C)CCC(C(=O)N2CCN(Cc3cc(F)c4c(c3)CN(C3CCC(=O)NC3=O)C4=O)CC2)=C(c2ccc(Cl)cc2)C1. The molecule has 8 nitrogen and oxygen atoms in total. The van der Waals surface area contributed by atoms with E-state index in [1.54, 1.807) is 0 Å². The molecule has 1 aliphatic carbocycles. The molecule has 3 aliphatic heterocycles. The second-order valence-electron chi connectivity index (χ2n) is 12.9. The molecule has 226 valence electrons. The zero-order chi connectivity index (χ0) is 30.5. The second kappa shape index (κ2) is 11.5. The van der Waals surface area contributed by atoms with Gasteiger partial charge in [0.2, 0.25) is 17.7 Å². The van der Waals surface area contributed by atoms with E-state index in [4.69, 9.17) is 11.6 Å². The van der Waals surface area contributed by atoms with Gasteiger partial charge in [-0.1, -0.05) is 43.6 Å². The molecule has 1 atom stereocenters. The molecule has 2 saturated heterocycles. The number of piperazine rings is 1. The molecule has 0 bridgehead atoms. The van der Waals surface area contributed by atoms with E-state index in [2.05, 4.69) is 24.1 Å². The third-order valence-electron chi connectivity index (χ3n) is 9.22. The van der Waals surface area contributed by atoms with Crippen molar-refractivity contribution in [1.82, 2.24) is 20.0 Å². The Labute approximate surface area is 255 Å². The summed E-state index contributed by atoms with van der Waals surface area (Å²) in [5.74, 6) is -1.89. The number of hydrogen-bond donors (Lipinski definition) is 1. The fourth-order valence-electron chi connectivity index (χ4n) is 6.82. The quantitative estimate of drug-likeness (QED) is 0.505. The van der Waals surface area contributed by atoms with Crippen LogP contribution in [0.1, 0.15) is 73.0 Å². The number of hydrogen-bond acceptors (Lipinski definition) is 5. The number of piperidine rings is 1. The molecule has 6 rings (SSSR count). The molecule has 4 aliphatic rings. The number of carbonyl (C=O) groups excluding carboxylic acids is 4. The van der Waals surface area contributed by atoms with E-state index >= 15 is 4.39 Å². The van der Waals surface area contributed by atoms with Crippen LogP contribution >= 0.6 is 11.6 Å². The number of rotatable bonds is 5. The van der Waals surface area contributed by atoms with Gasteiger partial charge < -0.3 is 9.80 Å². The first-order valence-electron chi connectivity index (χ1n) is 14.9. The normalized spacial score (nSPS) is 22.6. The van der Waals surface area contributed by atoms with Crippen LogP contribution in [0.3, 0.4) is 0 Å². The first kappa shape index (κ1) is 29.5. The summed E-state index contributed by atoms with van der Waals surface area (Å²) in [4.78, 5) is 56.2. The first-order chi connectivity index (χ1) is 20.5. The number of imide groups is 1. The molecule has 10 heteroatoms. The molecule has 4 amide bonds. The van der Waals surface area contributed by atoms with Gasteiger partial charge in [-0.25, -0.2) is 4.39 Å². The fraction of sp³-hybridized carbons (Fsp3) is 0.455. The van der Waals surface area contributed by atoms with Gasteiger partial charge in [0.1, 0.15) is 11.9 Å². The molecule has 2 fully saturated rings. The summed E-state index contributed by atoms with van der Waals surface area (Å²) in [5.41, 5.74) is 4.47. The van der Waals surface area contributed by atoms with Crippen LogP contribution < -0.4 is 5.32 Å². The number of allylic oxidation sites excluding steroid dienone is 1. The Balaban J connectivity index is 1.12. The maximum Gasteiger partial charge on any atom is 0.258 e. The Morgan fingerprint density at radius 3 is 2.47 bits per heavy atom. The molecule has 0 saturated carbocycles. The molecule has 0 aromatic heterocycles. The van der Waals surface area contributed by atoms with Gasteiger partial charge in [0.15, 0.2) is 0 Å². The second-order valence-corrected chi connectivity index (χ2v) is 13.3. The molecule has 43 heavy (non-hydrogen) atoms. The lowest BCUT2D eigenvalue weighted by Gasteiger charge is -2.38. The Hall–Kier alpha value is -3.56. The van der Waals surface area contributed by atoms with E-state index in [1.165, 1.54) is 11.0 Å². The molecule has 0 spiro atoms. The van der Waals surface area contributed by atoms with Gasteiger partial charge in [0.05, 0.1) is 5.56 Å². The van der Waals surface area contributed by atoms with E-state index in [1.807, 2.05) is 35.2 Å². The number of amides is 4. The van der Waals surface area contributed by atoms with Crippen LogP contribution in [0, 0.1) is 11.2 Å². The highest BCUT2D eigenvalue weighted by molar-refractivity contribution is 6.30. The van der Waals surface area contributed by atoms with Crippen molar-refractivity contribution in [3.05, 3.63) is 75.1 Å². The van der Waals surface area contributed by atoms with Crippen LogP contribution in [0.2, 0.25) is 5.02 Å². The highest BCUT2D eigenvalue weighted by Gasteiger charge is 2.41. The molecule has 0 radical (unpaired) electrons. The summed E-state index contributed by atoms with van der Waals surface area (Å²) in [5, 5.41) is 2.95. The van der Waals surface area contributed by atoms with Gasteiger partial charge in [-0.2, -0.15) is 0 Å². The van der Waals surface area contributed by atoms with E-state index in [-0.39, 0.29) is 42.2 Å². The third-order valence-corrected chi connectivity index (χ3v) is 9.47. The Morgan fingerprint density at radius 1 is 1.05 bits per heavy atom. The van der Waals surface area contributed by atoms with Gasteiger partial charge in [-0.05, 0) is 71.6 Å². The summed E-state index contributed by atoms with van der Waals surface area (Å²) in [7, 11) is 0. The van der Waals surface area contributed by atoms with Crippen molar-refractivity contribution in [3.63, 3.8) is 0 Å². The van der Waals surface area contributed by atoms with E-state index in [0.717, 1.165) is 41.5 Å². The summed E-state index contributed by atoms with van der Waals surface area (Å²) < 4.78 is 15.2. The summed E-state index contributed by atoms with van der Waals surface area (Å²) >= 11 is 6.13. The minimum absolute atomic E-state index is 0.00397. The molecule has 1 unspecified atom stereocenters. The number of carbonyl (C=O) groups is 4. The van der Waals surface area contributed by atoms with Crippen molar-refractivity contribution in [2.24, 2.45) is 5.41 Å². The average Bonchev–Trinajstić information content (AvgIpc) is 3.29. The van der Waals surface area contributed by atoms with Crippen LogP contribution in [0.25, 0.3) is 5.57 Å². The lowest BCUT2D eigenvalue weighted by Crippen LogP contribution is -2.52. The van der Waals surface area contributed by atoms with Crippen molar-refractivity contribution in [1.29, 1.82) is 0 Å². The van der Waals surface area contributed by atoms with Crippen LogP contribution in [0.5, 0.6) is 0 Å². The van der Waals surface area contributed by atoms with Crippen LogP contribution in [-0.4, -0.2) is 70.5 Å². The third kappa shape index (κ3) is 5.97. The lowest BCUT2D eigenvalue weighted by atomic mass is 9.72. The molecule has 3 heterocycles. The van der Waals surface area contributed by atoms with Gasteiger partial charge in [0.25, 0.3) is 5.91 Å². The largest absolute Gasteiger partial charge is 0.336 e. The first-order valence-corrected chi connectivity index (χ1v) is 15.3. The predicted octanol–water partition coefficient (Wildman–Crippen LogP) is 4.55. The lowest BCUT2D eigenvalue weighted by molar-refractivity contribution is -0.137. The Kier molecular flexibility index (Phi) is 7.89. The standard InChI is InChI=1S/C33H36ClFN4O4/c1-33(2)10-9-24(25(17-33)21-3-5-23(34)6-4-21)31(42)38-13-11-37(12-14-38)18-20-15-22-19-39(32(43)29(22)26(35)16-20)27-7-8-28(40)36-30(27)41/h3-6,15-16,27H,7-14,17-19H2,1-2H3,(H,36,40,41). The highest BCUT2D eigenvalue weighted by Crippen LogP contribution is 2.43. The molecule has 2 aromatic rings. The number of nitrogens with zero attached hydrogens (tertiary/aromatic N) is 3. The Bertz CT molecular complexity index is 1530. The summed E-state index contributed by atoms with van der Waals surface area (Å²) in [6, 6.07) is 10.2. The van der Waals surface area contributed by atoms with Gasteiger partial charge in [0, 0.05) is 56.3 Å². The van der Waals surface area contributed by atoms with Gasteiger partial charge in [-0.15, -0.1) is 0 Å². The number of halogens is 2. The number of nitrogens with one attached hydrogen (secondary N) is 1. The summed E-state index contributed by atoms with van der Waals surface area (Å²) in [6.45, 7) is 7.58. The van der Waals surface area contributed by atoms with Crippen molar-refractivity contribution >= 4 is 40.8 Å². The van der Waals surface area contributed by atoms with Gasteiger partial charge >= 0.3 is 0 Å². The monoisotopic (exact) mass is 606 g/mol. The Morgan fingerprint density at radius 2 is 1.77 bits per heavy atom. The smallest absolute Gasteiger partial charge is 0.258 e. The molecule has 1 N–H and O–H groups in total. The minimum atomic E-state index is -0.781. The topological polar surface area (TPSA) is 90.0 Å². The molecule has 2 aromatic carbocycles. The van der Waals surface area contributed by atoms with Crippen molar-refractivity contribution in [3.8, 4) is 0 Å². The zero-order valence-electron chi connectivity index (χ0n) is 24.6. The zero-order valence-corrected chi connectivity index (χ0v) is 25.3.